The minimum Gasteiger partial charge on any atom is -0.490 e. The molecule has 1 fully saturated rings. The third-order valence-electron chi connectivity index (χ3n) is 7.79. The number of ether oxygens (including phenoxy) is 1. The van der Waals surface area contributed by atoms with Gasteiger partial charge in [-0.25, -0.2) is 0 Å². The van der Waals surface area contributed by atoms with E-state index in [1.807, 2.05) is 51.1 Å². The number of aliphatic hydroxyl groups is 1. The Kier molecular flexibility index (Phi) is 7.59. The lowest BCUT2D eigenvalue weighted by molar-refractivity contribution is -0.132. The van der Waals surface area contributed by atoms with Gasteiger partial charge in [-0.05, 0) is 49.9 Å². The molecule has 0 aromatic heterocycles. The zero-order chi connectivity index (χ0) is 26.8. The predicted octanol–water partition coefficient (Wildman–Crippen LogP) is 4.46. The van der Waals surface area contributed by atoms with E-state index >= 15 is 0 Å². The number of fused-ring (bicyclic) bond motifs is 1. The van der Waals surface area contributed by atoms with Crippen molar-refractivity contribution in [3.05, 3.63) is 65.2 Å². The molecular weight excluding hydrogens is 468 g/mol. The first-order chi connectivity index (χ1) is 17.6. The van der Waals surface area contributed by atoms with Crippen molar-refractivity contribution in [1.82, 2.24) is 15.5 Å². The smallest absolute Gasteiger partial charge is 0.251 e. The fourth-order valence-electron chi connectivity index (χ4n) is 5.41. The summed E-state index contributed by atoms with van der Waals surface area (Å²) in [6, 6.07) is 13.6. The average molecular weight is 507 g/mol. The van der Waals surface area contributed by atoms with Gasteiger partial charge in [0.1, 0.15) is 18.0 Å². The Morgan fingerprint density at radius 1 is 1.22 bits per heavy atom. The van der Waals surface area contributed by atoms with Crippen molar-refractivity contribution >= 4 is 17.8 Å². The summed E-state index contributed by atoms with van der Waals surface area (Å²) in [5, 5.41) is 26.0. The van der Waals surface area contributed by atoms with Crippen LogP contribution in [0.2, 0.25) is 0 Å². The minimum absolute atomic E-state index is 0.0662. The molecule has 37 heavy (non-hydrogen) atoms. The zero-order valence-electron chi connectivity index (χ0n) is 22.1. The molecule has 2 aliphatic heterocycles. The van der Waals surface area contributed by atoms with E-state index in [4.69, 9.17) is 10.1 Å². The van der Waals surface area contributed by atoms with Crippen LogP contribution in [0.25, 0.3) is 0 Å². The van der Waals surface area contributed by atoms with Crippen LogP contribution in [0.4, 0.5) is 0 Å². The number of nitrogens with zero attached hydrogens (tertiary/aromatic N) is 1. The van der Waals surface area contributed by atoms with Gasteiger partial charge in [-0.1, -0.05) is 57.5 Å². The quantitative estimate of drug-likeness (QED) is 0.422. The first-order valence-electron chi connectivity index (χ1n) is 13.2. The van der Waals surface area contributed by atoms with Crippen LogP contribution < -0.4 is 15.4 Å². The van der Waals surface area contributed by atoms with Crippen molar-refractivity contribution in [1.29, 1.82) is 5.41 Å². The topological polar surface area (TPSA) is 115 Å². The monoisotopic (exact) mass is 506 g/mol. The van der Waals surface area contributed by atoms with Gasteiger partial charge < -0.3 is 20.5 Å². The molecule has 3 atom stereocenters. The molecule has 1 saturated heterocycles. The van der Waals surface area contributed by atoms with E-state index in [1.165, 1.54) is 0 Å². The van der Waals surface area contributed by atoms with E-state index in [2.05, 4.69) is 10.6 Å². The van der Waals surface area contributed by atoms with E-state index in [0.29, 0.717) is 24.2 Å². The molecule has 0 radical (unpaired) electrons. The van der Waals surface area contributed by atoms with Crippen LogP contribution in [0, 0.1) is 5.41 Å². The summed E-state index contributed by atoms with van der Waals surface area (Å²) < 4.78 is 5.69. The number of amides is 2. The summed E-state index contributed by atoms with van der Waals surface area (Å²) in [5.41, 5.74) is 0.284. The second kappa shape index (κ2) is 10.5. The maximum absolute atomic E-state index is 13.4. The molecule has 4 N–H and O–H groups in total. The molecular formula is C29H38N4O4. The van der Waals surface area contributed by atoms with Crippen LogP contribution in [-0.4, -0.2) is 45.5 Å². The van der Waals surface area contributed by atoms with Crippen molar-refractivity contribution in [2.24, 2.45) is 0 Å². The molecule has 2 aromatic rings. The van der Waals surface area contributed by atoms with Crippen LogP contribution >= 0.6 is 0 Å². The summed E-state index contributed by atoms with van der Waals surface area (Å²) in [6.45, 7) is 7.83. The molecule has 198 valence electrons. The van der Waals surface area contributed by atoms with Crippen LogP contribution in [0.1, 0.15) is 93.4 Å². The van der Waals surface area contributed by atoms with E-state index in [-0.39, 0.29) is 36.0 Å². The minimum atomic E-state index is -1.28. The molecule has 0 aliphatic carbocycles. The fraction of sp³-hybridized carbons (Fsp3) is 0.483. The van der Waals surface area contributed by atoms with Crippen molar-refractivity contribution in [3.63, 3.8) is 0 Å². The van der Waals surface area contributed by atoms with Gasteiger partial charge in [-0.2, -0.15) is 0 Å². The van der Waals surface area contributed by atoms with Gasteiger partial charge in [0, 0.05) is 16.7 Å². The van der Waals surface area contributed by atoms with Crippen LogP contribution in [0.15, 0.2) is 48.5 Å². The molecule has 0 spiro atoms. The fourth-order valence-corrected chi connectivity index (χ4v) is 5.41. The Balaban J connectivity index is 1.60. The first kappa shape index (κ1) is 26.7. The molecule has 2 aromatic carbocycles. The van der Waals surface area contributed by atoms with Gasteiger partial charge in [0.05, 0.1) is 18.5 Å². The molecule has 2 heterocycles. The highest BCUT2D eigenvalue weighted by atomic mass is 16.5. The van der Waals surface area contributed by atoms with Crippen LogP contribution in [-0.2, 0) is 4.79 Å². The number of guanidine groups is 1. The third kappa shape index (κ3) is 5.21. The van der Waals surface area contributed by atoms with Crippen molar-refractivity contribution in [2.75, 3.05) is 6.61 Å². The number of hydrogen-bond acceptors (Lipinski definition) is 5. The Morgan fingerprint density at radius 2 is 1.95 bits per heavy atom. The van der Waals surface area contributed by atoms with Gasteiger partial charge in [0.15, 0.2) is 5.96 Å². The molecule has 4 rings (SSSR count). The van der Waals surface area contributed by atoms with E-state index in [1.54, 1.807) is 30.0 Å². The Bertz CT molecular complexity index is 1150. The van der Waals surface area contributed by atoms with Gasteiger partial charge >= 0.3 is 0 Å². The number of rotatable bonds is 8. The molecule has 2 aliphatic rings. The summed E-state index contributed by atoms with van der Waals surface area (Å²) in [4.78, 5) is 28.3. The van der Waals surface area contributed by atoms with Gasteiger partial charge in [-0.15, -0.1) is 0 Å². The number of benzene rings is 2. The molecule has 2 amide bonds. The largest absolute Gasteiger partial charge is 0.490 e. The normalized spacial score (nSPS) is 23.5. The van der Waals surface area contributed by atoms with Crippen molar-refractivity contribution in [2.45, 2.75) is 83.0 Å². The summed E-state index contributed by atoms with van der Waals surface area (Å²) in [7, 11) is 0. The zero-order valence-corrected chi connectivity index (χ0v) is 22.1. The lowest BCUT2D eigenvalue weighted by atomic mass is 9.85. The molecule has 0 bridgehead atoms. The number of hydrogen-bond donors (Lipinski definition) is 4. The summed E-state index contributed by atoms with van der Waals surface area (Å²) in [5.74, 6) is 0.355. The maximum Gasteiger partial charge on any atom is 0.251 e. The van der Waals surface area contributed by atoms with E-state index in [9.17, 15) is 14.7 Å². The Labute approximate surface area is 218 Å². The highest BCUT2D eigenvalue weighted by Crippen LogP contribution is 2.38. The summed E-state index contributed by atoms with van der Waals surface area (Å²) in [6.07, 6.45) is 3.33. The maximum atomic E-state index is 13.4. The second-order valence-electron chi connectivity index (χ2n) is 10.4. The summed E-state index contributed by atoms with van der Waals surface area (Å²) >= 11 is 0. The Morgan fingerprint density at radius 3 is 2.62 bits per heavy atom. The first-order valence-corrected chi connectivity index (χ1v) is 13.2. The molecule has 8 nitrogen and oxygen atoms in total. The highest BCUT2D eigenvalue weighted by molar-refractivity contribution is 6.00. The molecule has 8 heteroatoms. The van der Waals surface area contributed by atoms with Crippen molar-refractivity contribution in [3.8, 4) is 5.75 Å². The number of carbonyl (C=O) groups excluding carboxylic acids is 2. The van der Waals surface area contributed by atoms with E-state index in [0.717, 1.165) is 30.4 Å². The van der Waals surface area contributed by atoms with Crippen LogP contribution in [0.3, 0.4) is 0 Å². The number of carbonyl (C=O) groups is 2. The van der Waals surface area contributed by atoms with Crippen molar-refractivity contribution < 1.29 is 19.4 Å². The number of nitrogens with one attached hydrogen (secondary N) is 3. The predicted molar refractivity (Wildman–Crippen MR) is 142 cm³/mol. The molecule has 0 saturated carbocycles. The SMILES string of the molecule is CCC[C@H](c1cccc(C(=O)N[C@@H]2c3ccccc3OC[C@]2(C)O)c1)N1C(=N)NC(CC)(CC)CC1=O. The Hall–Kier alpha value is -3.39. The standard InChI is InChI=1S/C29H38N4O4/c1-5-11-22(33-24(34)17-29(6-2,7-3)32-27(33)30)19-12-10-13-20(16-19)26(35)31-25-21-14-8-9-15-23(21)37-18-28(25,4)36/h8-10,12-16,22,25,36H,5-7,11,17-18H2,1-4H3,(H2,30,32)(H,31,35)/t22-,25-,28+/m1/s1. The van der Waals surface area contributed by atoms with Crippen LogP contribution in [0.5, 0.6) is 5.75 Å². The lowest BCUT2D eigenvalue weighted by Gasteiger charge is -2.45. The van der Waals surface area contributed by atoms with Gasteiger partial charge in [-0.3, -0.25) is 19.9 Å². The lowest BCUT2D eigenvalue weighted by Crippen LogP contribution is -2.62. The average Bonchev–Trinajstić information content (AvgIpc) is 2.89. The number of para-hydroxylation sites is 1. The van der Waals surface area contributed by atoms with Gasteiger partial charge in [0.25, 0.3) is 5.91 Å². The second-order valence-corrected chi connectivity index (χ2v) is 10.4. The molecule has 0 unspecified atom stereocenters. The van der Waals surface area contributed by atoms with Gasteiger partial charge in [0.2, 0.25) is 5.91 Å². The van der Waals surface area contributed by atoms with E-state index < -0.39 is 11.6 Å². The highest BCUT2D eigenvalue weighted by Gasteiger charge is 2.43. The third-order valence-corrected chi connectivity index (χ3v) is 7.79.